The zero-order valence-electron chi connectivity index (χ0n) is 11.9. The van der Waals surface area contributed by atoms with Crippen molar-refractivity contribution in [1.29, 1.82) is 0 Å². The molecule has 0 atom stereocenters. The minimum Gasteiger partial charge on any atom is -0.350 e. The first-order chi connectivity index (χ1) is 10.8. The van der Waals surface area contributed by atoms with Gasteiger partial charge >= 0.3 is 0 Å². The second-order valence-corrected chi connectivity index (χ2v) is 5.63. The molecule has 0 fully saturated rings. The van der Waals surface area contributed by atoms with E-state index in [1.807, 2.05) is 30.3 Å². The number of hydrogen-bond acceptors (Lipinski definition) is 4. The van der Waals surface area contributed by atoms with Crippen molar-refractivity contribution in [3.05, 3.63) is 71.5 Å². The number of aromatic nitrogens is 2. The van der Waals surface area contributed by atoms with Gasteiger partial charge in [0.2, 0.25) is 0 Å². The maximum Gasteiger partial charge on any atom is 0.270 e. The summed E-state index contributed by atoms with van der Waals surface area (Å²) < 4.78 is 0. The fourth-order valence-electron chi connectivity index (χ4n) is 2.06. The monoisotopic (exact) mass is 309 g/mol. The lowest BCUT2D eigenvalue weighted by molar-refractivity contribution is 0.0950. The number of hydrogen-bond donors (Lipinski definition) is 1. The Morgan fingerprint density at radius 2 is 2.00 bits per heavy atom. The highest BCUT2D eigenvalue weighted by atomic mass is 32.1. The second kappa shape index (κ2) is 6.95. The Morgan fingerprint density at radius 3 is 2.77 bits per heavy atom. The first-order valence-corrected chi connectivity index (χ1v) is 7.89. The van der Waals surface area contributed by atoms with E-state index >= 15 is 0 Å². The highest BCUT2D eigenvalue weighted by Gasteiger charge is 2.11. The molecule has 2 heterocycles. The summed E-state index contributed by atoms with van der Waals surface area (Å²) >= 11 is 1.45. The van der Waals surface area contributed by atoms with Gasteiger partial charge in [-0.2, -0.15) is 0 Å². The minimum atomic E-state index is -0.137. The first-order valence-electron chi connectivity index (χ1n) is 7.01. The third kappa shape index (κ3) is 3.56. The van der Waals surface area contributed by atoms with Crippen molar-refractivity contribution in [3.63, 3.8) is 0 Å². The van der Waals surface area contributed by atoms with Crippen LogP contribution in [0.15, 0.2) is 60.2 Å². The Labute approximate surface area is 132 Å². The van der Waals surface area contributed by atoms with E-state index in [4.69, 9.17) is 0 Å². The zero-order chi connectivity index (χ0) is 15.2. The Balaban J connectivity index is 1.58. The van der Waals surface area contributed by atoms with Gasteiger partial charge in [0, 0.05) is 29.9 Å². The topological polar surface area (TPSA) is 54.9 Å². The summed E-state index contributed by atoms with van der Waals surface area (Å²) in [5, 5.41) is 5.49. The normalized spacial score (nSPS) is 10.4. The highest BCUT2D eigenvalue weighted by molar-refractivity contribution is 7.13. The lowest BCUT2D eigenvalue weighted by Gasteiger charge is -2.03. The summed E-state index contributed by atoms with van der Waals surface area (Å²) in [4.78, 5) is 20.5. The minimum absolute atomic E-state index is 0.137. The van der Waals surface area contributed by atoms with Gasteiger partial charge in [-0.3, -0.25) is 9.78 Å². The van der Waals surface area contributed by atoms with Crippen LogP contribution in [0.1, 0.15) is 16.1 Å². The van der Waals surface area contributed by atoms with Crippen molar-refractivity contribution in [2.75, 3.05) is 6.54 Å². The van der Waals surface area contributed by atoms with E-state index in [2.05, 4.69) is 27.4 Å². The molecule has 3 rings (SSSR count). The molecule has 1 amide bonds. The molecule has 1 N–H and O–H groups in total. The van der Waals surface area contributed by atoms with Crippen LogP contribution in [0.2, 0.25) is 0 Å². The molecule has 0 saturated heterocycles. The molecule has 0 radical (unpaired) electrons. The van der Waals surface area contributed by atoms with Crippen LogP contribution in [-0.4, -0.2) is 22.4 Å². The summed E-state index contributed by atoms with van der Waals surface area (Å²) in [5.74, 6) is -0.137. The van der Waals surface area contributed by atoms with E-state index in [1.165, 1.54) is 16.9 Å². The molecule has 110 valence electrons. The van der Waals surface area contributed by atoms with Crippen LogP contribution in [0.3, 0.4) is 0 Å². The largest absolute Gasteiger partial charge is 0.350 e. The predicted molar refractivity (Wildman–Crippen MR) is 87.8 cm³/mol. The molecule has 5 heteroatoms. The second-order valence-electron chi connectivity index (χ2n) is 4.77. The summed E-state index contributed by atoms with van der Waals surface area (Å²) in [6.07, 6.45) is 4.27. The molecular formula is C17H15N3OS. The van der Waals surface area contributed by atoms with Crippen LogP contribution < -0.4 is 5.32 Å². The third-order valence-electron chi connectivity index (χ3n) is 3.19. The Morgan fingerprint density at radius 1 is 1.14 bits per heavy atom. The molecule has 0 aliphatic heterocycles. The quantitative estimate of drug-likeness (QED) is 0.787. The molecule has 0 aliphatic carbocycles. The summed E-state index contributed by atoms with van der Waals surface area (Å²) in [6.45, 7) is 0.600. The van der Waals surface area contributed by atoms with Gasteiger partial charge in [0.25, 0.3) is 5.91 Å². The molecular weight excluding hydrogens is 294 g/mol. The standard InChI is InChI=1S/C17H15N3OS/c21-16(19-10-8-13-5-2-1-3-6-13)15-12-22-17(20-15)14-7-4-9-18-11-14/h1-7,9,11-12H,8,10H2,(H,19,21). The molecule has 0 spiro atoms. The van der Waals surface area contributed by atoms with Gasteiger partial charge in [0.1, 0.15) is 10.7 Å². The molecule has 4 nitrogen and oxygen atoms in total. The number of amides is 1. The fourth-order valence-corrected chi connectivity index (χ4v) is 2.85. The molecule has 1 aromatic carbocycles. The lowest BCUT2D eigenvalue weighted by Crippen LogP contribution is -2.25. The maximum absolute atomic E-state index is 12.1. The number of pyridine rings is 1. The van der Waals surface area contributed by atoms with Gasteiger partial charge in [-0.25, -0.2) is 4.98 Å². The number of benzene rings is 1. The van der Waals surface area contributed by atoms with Crippen molar-refractivity contribution in [2.24, 2.45) is 0 Å². The number of carbonyl (C=O) groups is 1. The zero-order valence-corrected chi connectivity index (χ0v) is 12.7. The van der Waals surface area contributed by atoms with Crippen LogP contribution in [0.25, 0.3) is 10.6 Å². The van der Waals surface area contributed by atoms with Gasteiger partial charge in [0.15, 0.2) is 0 Å². The van der Waals surface area contributed by atoms with Crippen molar-refractivity contribution in [3.8, 4) is 10.6 Å². The molecule has 0 bridgehead atoms. The molecule has 2 aromatic heterocycles. The maximum atomic E-state index is 12.1. The van der Waals surface area contributed by atoms with Crippen LogP contribution in [-0.2, 0) is 6.42 Å². The Bertz CT molecular complexity index is 741. The smallest absolute Gasteiger partial charge is 0.270 e. The summed E-state index contributed by atoms with van der Waals surface area (Å²) in [7, 11) is 0. The molecule has 22 heavy (non-hydrogen) atoms. The van der Waals surface area contributed by atoms with E-state index in [-0.39, 0.29) is 5.91 Å². The fraction of sp³-hybridized carbons (Fsp3) is 0.118. The average molecular weight is 309 g/mol. The Kier molecular flexibility index (Phi) is 4.56. The molecule has 3 aromatic rings. The Hall–Kier alpha value is -2.53. The van der Waals surface area contributed by atoms with Crippen LogP contribution in [0.4, 0.5) is 0 Å². The van der Waals surface area contributed by atoms with E-state index in [9.17, 15) is 4.79 Å². The van der Waals surface area contributed by atoms with Crippen molar-refractivity contribution in [2.45, 2.75) is 6.42 Å². The third-order valence-corrected chi connectivity index (χ3v) is 4.08. The van der Waals surface area contributed by atoms with Crippen molar-refractivity contribution < 1.29 is 4.79 Å². The van der Waals surface area contributed by atoms with E-state index in [0.29, 0.717) is 12.2 Å². The van der Waals surface area contributed by atoms with Crippen molar-refractivity contribution in [1.82, 2.24) is 15.3 Å². The summed E-state index contributed by atoms with van der Waals surface area (Å²) in [6, 6.07) is 13.9. The van der Waals surface area contributed by atoms with Crippen LogP contribution in [0.5, 0.6) is 0 Å². The van der Waals surface area contributed by atoms with Gasteiger partial charge in [-0.05, 0) is 24.1 Å². The molecule has 0 aliphatic rings. The number of thiazole rings is 1. The van der Waals surface area contributed by atoms with Crippen LogP contribution >= 0.6 is 11.3 Å². The van der Waals surface area contributed by atoms with Gasteiger partial charge in [-0.15, -0.1) is 11.3 Å². The van der Waals surface area contributed by atoms with Gasteiger partial charge in [0.05, 0.1) is 0 Å². The number of rotatable bonds is 5. The average Bonchev–Trinajstić information content (AvgIpc) is 3.07. The molecule has 0 unspecified atom stereocenters. The van der Waals surface area contributed by atoms with E-state index in [0.717, 1.165) is 17.0 Å². The van der Waals surface area contributed by atoms with E-state index < -0.39 is 0 Å². The number of carbonyl (C=O) groups excluding carboxylic acids is 1. The van der Waals surface area contributed by atoms with Gasteiger partial charge in [-0.1, -0.05) is 30.3 Å². The van der Waals surface area contributed by atoms with Crippen molar-refractivity contribution >= 4 is 17.2 Å². The number of nitrogens with one attached hydrogen (secondary N) is 1. The predicted octanol–water partition coefficient (Wildman–Crippen LogP) is 3.18. The molecule has 0 saturated carbocycles. The first kappa shape index (κ1) is 14.4. The van der Waals surface area contributed by atoms with Gasteiger partial charge < -0.3 is 5.32 Å². The van der Waals surface area contributed by atoms with Crippen LogP contribution in [0, 0.1) is 0 Å². The van der Waals surface area contributed by atoms with E-state index in [1.54, 1.807) is 17.8 Å². The lowest BCUT2D eigenvalue weighted by atomic mass is 10.1. The SMILES string of the molecule is O=C(NCCc1ccccc1)c1csc(-c2cccnc2)n1. The summed E-state index contributed by atoms with van der Waals surface area (Å²) in [5.41, 5.74) is 2.59. The highest BCUT2D eigenvalue weighted by Crippen LogP contribution is 2.22. The number of nitrogens with zero attached hydrogens (tertiary/aromatic N) is 2.